The van der Waals surface area contributed by atoms with Crippen LogP contribution >= 0.6 is 0 Å². The molecule has 1 aromatic heterocycles. The SMILES string of the molecule is CC(C)Cn1nc(C(=O)Nc2ccccc2C(=O)NCC2CCCO2)c2ccccc2c1=O. The number of ether oxygens (including phenoxy) is 1. The summed E-state index contributed by atoms with van der Waals surface area (Å²) >= 11 is 0. The Balaban J connectivity index is 1.62. The Hall–Kier alpha value is -3.52. The second-order valence-electron chi connectivity index (χ2n) is 8.62. The van der Waals surface area contributed by atoms with Gasteiger partial charge in [0.2, 0.25) is 0 Å². The summed E-state index contributed by atoms with van der Waals surface area (Å²) in [6, 6.07) is 13.7. The summed E-state index contributed by atoms with van der Waals surface area (Å²) < 4.78 is 6.90. The number of para-hydroxylation sites is 1. The number of carbonyl (C=O) groups excluding carboxylic acids is 2. The minimum absolute atomic E-state index is 0.0216. The van der Waals surface area contributed by atoms with Crippen LogP contribution in [0.1, 0.15) is 47.5 Å². The molecule has 33 heavy (non-hydrogen) atoms. The molecular formula is C25H28N4O4. The summed E-state index contributed by atoms with van der Waals surface area (Å²) in [7, 11) is 0. The van der Waals surface area contributed by atoms with Crippen LogP contribution in [0.4, 0.5) is 5.69 Å². The largest absolute Gasteiger partial charge is 0.376 e. The van der Waals surface area contributed by atoms with Gasteiger partial charge in [-0.05, 0) is 37.0 Å². The smallest absolute Gasteiger partial charge is 0.276 e. The van der Waals surface area contributed by atoms with Gasteiger partial charge >= 0.3 is 0 Å². The number of carbonyl (C=O) groups is 2. The van der Waals surface area contributed by atoms with Gasteiger partial charge in [0.1, 0.15) is 0 Å². The first-order valence-corrected chi connectivity index (χ1v) is 11.2. The molecule has 1 fully saturated rings. The van der Waals surface area contributed by atoms with Crippen molar-refractivity contribution >= 4 is 28.3 Å². The molecular weight excluding hydrogens is 420 g/mol. The molecule has 172 valence electrons. The average Bonchev–Trinajstić information content (AvgIpc) is 3.33. The van der Waals surface area contributed by atoms with Crippen molar-refractivity contribution < 1.29 is 14.3 Å². The van der Waals surface area contributed by atoms with Gasteiger partial charge in [-0.15, -0.1) is 0 Å². The molecule has 0 radical (unpaired) electrons. The van der Waals surface area contributed by atoms with E-state index in [0.29, 0.717) is 41.7 Å². The summed E-state index contributed by atoms with van der Waals surface area (Å²) in [6.07, 6.45) is 1.93. The van der Waals surface area contributed by atoms with Crippen molar-refractivity contribution in [3.63, 3.8) is 0 Å². The van der Waals surface area contributed by atoms with Crippen LogP contribution in [0.25, 0.3) is 10.8 Å². The Morgan fingerprint density at radius 1 is 1.09 bits per heavy atom. The van der Waals surface area contributed by atoms with E-state index in [0.717, 1.165) is 12.8 Å². The lowest BCUT2D eigenvalue weighted by Gasteiger charge is -2.15. The van der Waals surface area contributed by atoms with Crippen molar-refractivity contribution in [2.45, 2.75) is 39.3 Å². The lowest BCUT2D eigenvalue weighted by atomic mass is 10.1. The first-order valence-electron chi connectivity index (χ1n) is 11.2. The monoisotopic (exact) mass is 448 g/mol. The van der Waals surface area contributed by atoms with Gasteiger partial charge in [0.05, 0.1) is 22.7 Å². The highest BCUT2D eigenvalue weighted by atomic mass is 16.5. The van der Waals surface area contributed by atoms with Crippen LogP contribution in [0, 0.1) is 5.92 Å². The van der Waals surface area contributed by atoms with E-state index in [4.69, 9.17) is 4.74 Å². The van der Waals surface area contributed by atoms with E-state index in [-0.39, 0.29) is 29.2 Å². The molecule has 0 saturated carbocycles. The average molecular weight is 449 g/mol. The normalized spacial score (nSPS) is 15.7. The summed E-state index contributed by atoms with van der Waals surface area (Å²) in [6.45, 7) is 5.50. The van der Waals surface area contributed by atoms with Crippen molar-refractivity contribution in [1.29, 1.82) is 0 Å². The third-order valence-electron chi connectivity index (χ3n) is 5.56. The molecule has 2 amide bonds. The molecule has 2 N–H and O–H groups in total. The zero-order valence-electron chi connectivity index (χ0n) is 18.8. The molecule has 1 aliphatic heterocycles. The van der Waals surface area contributed by atoms with Crippen molar-refractivity contribution in [2.24, 2.45) is 5.92 Å². The Kier molecular flexibility index (Phi) is 6.84. The second kappa shape index (κ2) is 9.95. The maximum absolute atomic E-state index is 13.3. The van der Waals surface area contributed by atoms with Gasteiger partial charge in [0.15, 0.2) is 5.69 Å². The van der Waals surface area contributed by atoms with Gasteiger partial charge in [-0.1, -0.05) is 44.2 Å². The minimum Gasteiger partial charge on any atom is -0.376 e. The first kappa shape index (κ1) is 22.7. The fraction of sp³-hybridized carbons (Fsp3) is 0.360. The summed E-state index contributed by atoms with van der Waals surface area (Å²) in [5.74, 6) is -0.590. The lowest BCUT2D eigenvalue weighted by Crippen LogP contribution is -2.32. The molecule has 1 aliphatic rings. The molecule has 3 aromatic rings. The molecule has 8 heteroatoms. The van der Waals surface area contributed by atoms with Gasteiger partial charge in [0, 0.05) is 25.1 Å². The number of anilines is 1. The third-order valence-corrected chi connectivity index (χ3v) is 5.56. The van der Waals surface area contributed by atoms with E-state index < -0.39 is 5.91 Å². The highest BCUT2D eigenvalue weighted by Gasteiger charge is 2.21. The number of amides is 2. The maximum Gasteiger partial charge on any atom is 0.276 e. The zero-order valence-corrected chi connectivity index (χ0v) is 18.8. The minimum atomic E-state index is -0.483. The number of rotatable bonds is 7. The number of benzene rings is 2. The molecule has 8 nitrogen and oxygen atoms in total. The predicted molar refractivity (Wildman–Crippen MR) is 127 cm³/mol. The number of nitrogens with one attached hydrogen (secondary N) is 2. The Labute approximate surface area is 191 Å². The molecule has 1 atom stereocenters. The van der Waals surface area contributed by atoms with Crippen LogP contribution in [-0.2, 0) is 11.3 Å². The number of hydrogen-bond donors (Lipinski definition) is 2. The number of hydrogen-bond acceptors (Lipinski definition) is 5. The second-order valence-corrected chi connectivity index (χ2v) is 8.62. The van der Waals surface area contributed by atoms with E-state index in [1.165, 1.54) is 4.68 Å². The van der Waals surface area contributed by atoms with Crippen LogP contribution in [-0.4, -0.2) is 40.9 Å². The van der Waals surface area contributed by atoms with E-state index in [1.807, 2.05) is 13.8 Å². The van der Waals surface area contributed by atoms with Gasteiger partial charge in [-0.2, -0.15) is 5.10 Å². The fourth-order valence-corrected chi connectivity index (χ4v) is 3.95. The highest BCUT2D eigenvalue weighted by molar-refractivity contribution is 6.13. The Bertz CT molecular complexity index is 1230. The highest BCUT2D eigenvalue weighted by Crippen LogP contribution is 2.19. The molecule has 4 rings (SSSR count). The lowest BCUT2D eigenvalue weighted by molar-refractivity contribution is 0.0858. The molecule has 2 aromatic carbocycles. The van der Waals surface area contributed by atoms with Gasteiger partial charge in [-0.3, -0.25) is 14.4 Å². The Morgan fingerprint density at radius 2 is 1.82 bits per heavy atom. The van der Waals surface area contributed by atoms with Crippen LogP contribution in [0.5, 0.6) is 0 Å². The van der Waals surface area contributed by atoms with Gasteiger partial charge in [0.25, 0.3) is 17.4 Å². The van der Waals surface area contributed by atoms with Crippen LogP contribution in [0.2, 0.25) is 0 Å². The molecule has 2 heterocycles. The van der Waals surface area contributed by atoms with Crippen molar-refractivity contribution in [1.82, 2.24) is 15.1 Å². The molecule has 0 bridgehead atoms. The maximum atomic E-state index is 13.3. The van der Waals surface area contributed by atoms with Crippen molar-refractivity contribution in [3.05, 3.63) is 70.1 Å². The summed E-state index contributed by atoms with van der Waals surface area (Å²) in [5, 5.41) is 11.0. The summed E-state index contributed by atoms with van der Waals surface area (Å²) in [5.41, 5.74) is 0.633. The predicted octanol–water partition coefficient (Wildman–Crippen LogP) is 3.21. The van der Waals surface area contributed by atoms with E-state index in [2.05, 4.69) is 15.7 Å². The number of fused-ring (bicyclic) bond motifs is 1. The van der Waals surface area contributed by atoms with E-state index in [9.17, 15) is 14.4 Å². The standard InChI is InChI=1S/C25H28N4O4/c1-16(2)15-29-25(32)19-10-4-3-9-18(19)22(28-29)24(31)27-21-12-6-5-11-20(21)23(30)26-14-17-8-7-13-33-17/h3-6,9-12,16-17H,7-8,13-15H2,1-2H3,(H,26,30)(H,27,31). The number of aromatic nitrogens is 2. The van der Waals surface area contributed by atoms with E-state index in [1.54, 1.807) is 48.5 Å². The fourth-order valence-electron chi connectivity index (χ4n) is 3.95. The van der Waals surface area contributed by atoms with Crippen LogP contribution < -0.4 is 16.2 Å². The van der Waals surface area contributed by atoms with Gasteiger partial charge < -0.3 is 15.4 Å². The third kappa shape index (κ3) is 5.12. The van der Waals surface area contributed by atoms with Crippen molar-refractivity contribution in [3.8, 4) is 0 Å². The molecule has 1 unspecified atom stereocenters. The Morgan fingerprint density at radius 3 is 2.55 bits per heavy atom. The molecule has 1 saturated heterocycles. The molecule has 0 spiro atoms. The van der Waals surface area contributed by atoms with Crippen LogP contribution in [0.15, 0.2) is 53.3 Å². The summed E-state index contributed by atoms with van der Waals surface area (Å²) in [4.78, 5) is 38.9. The van der Waals surface area contributed by atoms with E-state index >= 15 is 0 Å². The van der Waals surface area contributed by atoms with Crippen molar-refractivity contribution in [2.75, 3.05) is 18.5 Å². The van der Waals surface area contributed by atoms with Crippen LogP contribution in [0.3, 0.4) is 0 Å². The topological polar surface area (TPSA) is 102 Å². The van der Waals surface area contributed by atoms with Gasteiger partial charge in [-0.25, -0.2) is 4.68 Å². The molecule has 0 aliphatic carbocycles. The first-order chi connectivity index (χ1) is 15.9. The quantitative estimate of drug-likeness (QED) is 0.578. The zero-order chi connectivity index (χ0) is 23.4. The number of nitrogens with zero attached hydrogens (tertiary/aromatic N) is 2.